The summed E-state index contributed by atoms with van der Waals surface area (Å²) in [5, 5.41) is 14.2. The van der Waals surface area contributed by atoms with E-state index in [9.17, 15) is 9.18 Å². The van der Waals surface area contributed by atoms with Crippen molar-refractivity contribution in [2.45, 2.75) is 6.92 Å². The van der Waals surface area contributed by atoms with E-state index in [1.54, 1.807) is 10.7 Å². The molecule has 0 bridgehead atoms. The third-order valence-corrected chi connectivity index (χ3v) is 5.33. The third kappa shape index (κ3) is 4.62. The average Bonchev–Trinajstić information content (AvgIpc) is 3.29. The molecule has 4 rings (SSSR count). The molecule has 0 aliphatic carbocycles. The number of halogens is 1. The Labute approximate surface area is 174 Å². The molecule has 0 radical (unpaired) electrons. The molecule has 3 aromatic rings. The van der Waals surface area contributed by atoms with Crippen LogP contribution in [0.5, 0.6) is 0 Å². The van der Waals surface area contributed by atoms with Crippen molar-refractivity contribution in [3.63, 3.8) is 0 Å². The van der Waals surface area contributed by atoms with E-state index in [-0.39, 0.29) is 11.7 Å². The molecule has 0 atom stereocenters. The molecule has 0 saturated carbocycles. The number of amides is 1. The molecule has 1 aliphatic rings. The fourth-order valence-corrected chi connectivity index (χ4v) is 3.64. The van der Waals surface area contributed by atoms with Crippen LogP contribution in [-0.4, -0.2) is 70.3 Å². The summed E-state index contributed by atoms with van der Waals surface area (Å²) in [7, 11) is 0. The average molecular weight is 409 g/mol. The fraction of sp³-hybridized carbons (Fsp3) is 0.333. The summed E-state index contributed by atoms with van der Waals surface area (Å²) < 4.78 is 14.7. The van der Waals surface area contributed by atoms with Gasteiger partial charge in [-0.25, -0.2) is 9.07 Å². The van der Waals surface area contributed by atoms with Crippen LogP contribution in [0.4, 0.5) is 10.1 Å². The van der Waals surface area contributed by atoms with Gasteiger partial charge in [-0.3, -0.25) is 9.69 Å². The van der Waals surface area contributed by atoms with Crippen LogP contribution in [0.2, 0.25) is 0 Å². The standard InChI is InChI=1S/C21H24FN7O/c1-16-14-17(2-7-20(16)29-15-24-25-26-29)21(30)23-8-9-27-10-12-28(13-11-27)19-5-3-18(22)4-6-19/h2-7,14-15H,8-13H2,1H3,(H,23,30). The molecule has 0 unspecified atom stereocenters. The van der Waals surface area contributed by atoms with Crippen LogP contribution in [0.25, 0.3) is 5.69 Å². The Morgan fingerprint density at radius 1 is 1.10 bits per heavy atom. The molecular weight excluding hydrogens is 385 g/mol. The number of rotatable bonds is 6. The number of carbonyl (C=O) groups is 1. The quantitative estimate of drug-likeness (QED) is 0.667. The lowest BCUT2D eigenvalue weighted by Crippen LogP contribution is -2.48. The first kappa shape index (κ1) is 20.0. The Bertz CT molecular complexity index is 983. The smallest absolute Gasteiger partial charge is 0.251 e. The van der Waals surface area contributed by atoms with Crippen molar-refractivity contribution >= 4 is 11.6 Å². The zero-order valence-electron chi connectivity index (χ0n) is 16.8. The number of aryl methyl sites for hydroxylation is 1. The number of hydrogen-bond donors (Lipinski definition) is 1. The molecule has 30 heavy (non-hydrogen) atoms. The van der Waals surface area contributed by atoms with Crippen LogP contribution >= 0.6 is 0 Å². The molecule has 2 heterocycles. The van der Waals surface area contributed by atoms with E-state index in [0.29, 0.717) is 12.1 Å². The van der Waals surface area contributed by atoms with E-state index in [2.05, 4.69) is 30.6 Å². The number of benzene rings is 2. The lowest BCUT2D eigenvalue weighted by Gasteiger charge is -2.36. The SMILES string of the molecule is Cc1cc(C(=O)NCCN2CCN(c3ccc(F)cc3)CC2)ccc1-n1cnnn1. The van der Waals surface area contributed by atoms with Gasteiger partial charge in [-0.05, 0) is 65.4 Å². The lowest BCUT2D eigenvalue weighted by atomic mass is 10.1. The van der Waals surface area contributed by atoms with Gasteiger partial charge in [0.15, 0.2) is 0 Å². The Morgan fingerprint density at radius 3 is 2.53 bits per heavy atom. The molecule has 156 valence electrons. The molecule has 9 heteroatoms. The highest BCUT2D eigenvalue weighted by molar-refractivity contribution is 5.94. The summed E-state index contributed by atoms with van der Waals surface area (Å²) >= 11 is 0. The zero-order valence-corrected chi connectivity index (χ0v) is 16.8. The van der Waals surface area contributed by atoms with Crippen LogP contribution in [0, 0.1) is 12.7 Å². The van der Waals surface area contributed by atoms with Crippen molar-refractivity contribution in [2.24, 2.45) is 0 Å². The predicted molar refractivity (Wildman–Crippen MR) is 111 cm³/mol. The lowest BCUT2D eigenvalue weighted by molar-refractivity contribution is 0.0947. The minimum Gasteiger partial charge on any atom is -0.369 e. The molecule has 1 aliphatic heterocycles. The van der Waals surface area contributed by atoms with Gasteiger partial charge < -0.3 is 10.2 Å². The minimum absolute atomic E-state index is 0.0914. The van der Waals surface area contributed by atoms with Gasteiger partial charge in [-0.2, -0.15) is 0 Å². The van der Waals surface area contributed by atoms with Crippen molar-refractivity contribution in [3.05, 3.63) is 65.7 Å². The normalized spacial score (nSPS) is 14.7. The van der Waals surface area contributed by atoms with E-state index < -0.39 is 0 Å². The van der Waals surface area contributed by atoms with Crippen LogP contribution in [0.15, 0.2) is 48.8 Å². The van der Waals surface area contributed by atoms with Crippen LogP contribution in [-0.2, 0) is 0 Å². The van der Waals surface area contributed by atoms with Gasteiger partial charge in [0.1, 0.15) is 12.1 Å². The molecule has 0 spiro atoms. The Kier molecular flexibility index (Phi) is 5.99. The van der Waals surface area contributed by atoms with Gasteiger partial charge in [-0.1, -0.05) is 0 Å². The summed E-state index contributed by atoms with van der Waals surface area (Å²) in [5.41, 5.74) is 3.43. The van der Waals surface area contributed by atoms with Crippen LogP contribution < -0.4 is 10.2 Å². The maximum absolute atomic E-state index is 13.1. The molecular formula is C21H24FN7O. The van der Waals surface area contributed by atoms with E-state index in [0.717, 1.165) is 49.7 Å². The van der Waals surface area contributed by atoms with Crippen LogP contribution in [0.3, 0.4) is 0 Å². The summed E-state index contributed by atoms with van der Waals surface area (Å²) in [6.07, 6.45) is 1.53. The molecule has 2 aromatic carbocycles. The summed E-state index contributed by atoms with van der Waals surface area (Å²) in [4.78, 5) is 17.1. The highest BCUT2D eigenvalue weighted by Crippen LogP contribution is 2.17. The van der Waals surface area contributed by atoms with Crippen molar-refractivity contribution < 1.29 is 9.18 Å². The zero-order chi connectivity index (χ0) is 20.9. The number of anilines is 1. The first-order valence-electron chi connectivity index (χ1n) is 9.95. The van der Waals surface area contributed by atoms with Gasteiger partial charge in [0.05, 0.1) is 5.69 Å². The van der Waals surface area contributed by atoms with Gasteiger partial charge >= 0.3 is 0 Å². The largest absolute Gasteiger partial charge is 0.369 e. The van der Waals surface area contributed by atoms with E-state index in [1.165, 1.54) is 18.5 Å². The van der Waals surface area contributed by atoms with Crippen molar-refractivity contribution in [3.8, 4) is 5.69 Å². The second kappa shape index (κ2) is 9.00. The van der Waals surface area contributed by atoms with Gasteiger partial charge in [0, 0.05) is 50.5 Å². The van der Waals surface area contributed by atoms with Crippen molar-refractivity contribution in [1.29, 1.82) is 0 Å². The highest BCUT2D eigenvalue weighted by atomic mass is 19.1. The molecule has 1 N–H and O–H groups in total. The molecule has 1 amide bonds. The van der Waals surface area contributed by atoms with Crippen molar-refractivity contribution in [1.82, 2.24) is 30.4 Å². The van der Waals surface area contributed by atoms with E-state index >= 15 is 0 Å². The number of hydrogen-bond acceptors (Lipinski definition) is 6. The van der Waals surface area contributed by atoms with Gasteiger partial charge in [0.2, 0.25) is 0 Å². The topological polar surface area (TPSA) is 79.2 Å². The Balaban J connectivity index is 1.23. The van der Waals surface area contributed by atoms with Crippen molar-refractivity contribution in [2.75, 3.05) is 44.2 Å². The monoisotopic (exact) mass is 409 g/mol. The maximum atomic E-state index is 13.1. The molecule has 1 fully saturated rings. The van der Waals surface area contributed by atoms with E-state index in [1.807, 2.05) is 31.2 Å². The summed E-state index contributed by atoms with van der Waals surface area (Å²) in [6, 6.07) is 12.1. The number of piperazine rings is 1. The summed E-state index contributed by atoms with van der Waals surface area (Å²) in [5.74, 6) is -0.306. The number of nitrogens with one attached hydrogen (secondary N) is 1. The predicted octanol–water partition coefficient (Wildman–Crippen LogP) is 1.66. The number of carbonyl (C=O) groups excluding carboxylic acids is 1. The number of tetrazole rings is 1. The molecule has 1 saturated heterocycles. The van der Waals surface area contributed by atoms with Crippen LogP contribution in [0.1, 0.15) is 15.9 Å². The number of aromatic nitrogens is 4. The summed E-state index contributed by atoms with van der Waals surface area (Å²) in [6.45, 7) is 6.90. The van der Waals surface area contributed by atoms with E-state index in [4.69, 9.17) is 0 Å². The Morgan fingerprint density at radius 2 is 1.87 bits per heavy atom. The second-order valence-electron chi connectivity index (χ2n) is 7.32. The third-order valence-electron chi connectivity index (χ3n) is 5.33. The molecule has 8 nitrogen and oxygen atoms in total. The maximum Gasteiger partial charge on any atom is 0.251 e. The Hall–Kier alpha value is -3.33. The molecule has 1 aromatic heterocycles. The fourth-order valence-electron chi connectivity index (χ4n) is 3.64. The minimum atomic E-state index is -0.214. The number of nitrogens with zero attached hydrogens (tertiary/aromatic N) is 6. The second-order valence-corrected chi connectivity index (χ2v) is 7.32. The highest BCUT2D eigenvalue weighted by Gasteiger charge is 2.17. The first-order chi connectivity index (χ1) is 14.6. The van der Waals surface area contributed by atoms with Gasteiger partial charge in [-0.15, -0.1) is 5.10 Å². The van der Waals surface area contributed by atoms with Gasteiger partial charge in [0.25, 0.3) is 5.91 Å². The first-order valence-corrected chi connectivity index (χ1v) is 9.95.